The van der Waals surface area contributed by atoms with Gasteiger partial charge in [-0.1, -0.05) is 30.3 Å². The quantitative estimate of drug-likeness (QED) is 0.403. The van der Waals surface area contributed by atoms with Crippen molar-refractivity contribution in [2.24, 2.45) is 0 Å². The van der Waals surface area contributed by atoms with Crippen molar-refractivity contribution in [3.8, 4) is 17.5 Å². The monoisotopic (exact) mass is 465 g/mol. The molecule has 0 unspecified atom stereocenters. The van der Waals surface area contributed by atoms with Gasteiger partial charge in [-0.2, -0.15) is 5.26 Å². The molecule has 8 nitrogen and oxygen atoms in total. The van der Waals surface area contributed by atoms with Gasteiger partial charge < -0.3 is 5.32 Å². The lowest BCUT2D eigenvalue weighted by atomic mass is 10.0. The second-order valence-corrected chi connectivity index (χ2v) is 8.99. The second-order valence-electron chi connectivity index (χ2n) is 8.99. The fourth-order valence-electron chi connectivity index (χ4n) is 4.52. The van der Waals surface area contributed by atoms with Crippen LogP contribution in [0.15, 0.2) is 55.0 Å². The van der Waals surface area contributed by atoms with Gasteiger partial charge in [-0.25, -0.2) is 15.0 Å². The van der Waals surface area contributed by atoms with E-state index in [4.69, 9.17) is 0 Å². The summed E-state index contributed by atoms with van der Waals surface area (Å²) in [5.74, 6) is 0.575. The van der Waals surface area contributed by atoms with Crippen LogP contribution in [0.5, 0.6) is 0 Å². The molecule has 1 fully saturated rings. The first kappa shape index (κ1) is 22.7. The number of carbonyl (C=O) groups is 1. The highest BCUT2D eigenvalue weighted by molar-refractivity contribution is 5.97. The van der Waals surface area contributed by atoms with Gasteiger partial charge >= 0.3 is 0 Å². The maximum absolute atomic E-state index is 12.6. The number of anilines is 1. The molecule has 0 saturated carbocycles. The van der Waals surface area contributed by atoms with Gasteiger partial charge in [0.15, 0.2) is 5.78 Å². The molecular formula is C27H27N7O. The van der Waals surface area contributed by atoms with Crippen molar-refractivity contribution >= 4 is 17.4 Å². The molecule has 1 aliphatic rings. The van der Waals surface area contributed by atoms with Crippen LogP contribution in [0, 0.1) is 18.3 Å². The van der Waals surface area contributed by atoms with E-state index in [0.717, 1.165) is 41.1 Å². The Labute approximate surface area is 204 Å². The van der Waals surface area contributed by atoms with Gasteiger partial charge in [-0.3, -0.25) is 14.1 Å². The normalized spacial score (nSPS) is 14.7. The zero-order chi connectivity index (χ0) is 24.4. The third-order valence-electron chi connectivity index (χ3n) is 6.53. The fraction of sp³-hybridized carbons (Fsp3) is 0.296. The molecule has 1 atom stereocenters. The summed E-state index contributed by atoms with van der Waals surface area (Å²) in [5.41, 5.74) is 5.26. The molecule has 0 aliphatic carbocycles. The SMILES string of the molecule is Cc1cccn2c(-c3nc(N[C@@H](C)c4ccc(C(=O)CN5CCCC5)cc4)ncc3C#N)cnc12. The summed E-state index contributed by atoms with van der Waals surface area (Å²) in [4.78, 5) is 28.3. The van der Waals surface area contributed by atoms with Crippen molar-refractivity contribution in [1.29, 1.82) is 5.26 Å². The van der Waals surface area contributed by atoms with Crippen LogP contribution in [0.4, 0.5) is 5.95 Å². The molecule has 176 valence electrons. The number of nitrogens with zero attached hydrogens (tertiary/aromatic N) is 6. The Bertz CT molecular complexity index is 1410. The Kier molecular flexibility index (Phi) is 6.25. The molecule has 8 heteroatoms. The van der Waals surface area contributed by atoms with Crippen molar-refractivity contribution in [3.05, 3.63) is 77.2 Å². The molecule has 4 heterocycles. The number of fused-ring (bicyclic) bond motifs is 1. The maximum atomic E-state index is 12.6. The van der Waals surface area contributed by atoms with Gasteiger partial charge in [0.2, 0.25) is 5.95 Å². The average Bonchev–Trinajstić information content (AvgIpc) is 3.55. The number of nitrogens with one attached hydrogen (secondary N) is 1. The molecule has 1 aliphatic heterocycles. The number of benzene rings is 1. The minimum atomic E-state index is -0.0945. The Morgan fingerprint density at radius 1 is 1.14 bits per heavy atom. The van der Waals surface area contributed by atoms with E-state index in [1.807, 2.05) is 60.8 Å². The summed E-state index contributed by atoms with van der Waals surface area (Å²) in [6.07, 6.45) is 7.52. The van der Waals surface area contributed by atoms with Gasteiger partial charge in [0.25, 0.3) is 0 Å². The largest absolute Gasteiger partial charge is 0.348 e. The number of pyridine rings is 1. The number of likely N-dealkylation sites (tertiary alicyclic amines) is 1. The van der Waals surface area contributed by atoms with E-state index in [-0.39, 0.29) is 11.8 Å². The molecule has 4 aromatic rings. The topological polar surface area (TPSA) is 99.2 Å². The number of nitriles is 1. The lowest BCUT2D eigenvalue weighted by Gasteiger charge is -2.16. The predicted molar refractivity (Wildman–Crippen MR) is 134 cm³/mol. The summed E-state index contributed by atoms with van der Waals surface area (Å²) in [7, 11) is 0. The van der Waals surface area contributed by atoms with E-state index in [1.165, 1.54) is 19.0 Å². The van der Waals surface area contributed by atoms with E-state index in [9.17, 15) is 10.1 Å². The highest BCUT2D eigenvalue weighted by Crippen LogP contribution is 2.26. The number of hydrogen-bond acceptors (Lipinski definition) is 7. The smallest absolute Gasteiger partial charge is 0.223 e. The van der Waals surface area contributed by atoms with Crippen molar-refractivity contribution in [2.75, 3.05) is 25.0 Å². The van der Waals surface area contributed by atoms with E-state index in [0.29, 0.717) is 23.8 Å². The first-order valence-electron chi connectivity index (χ1n) is 11.9. The summed E-state index contributed by atoms with van der Waals surface area (Å²) in [5, 5.41) is 13.0. The number of imidazole rings is 1. The molecule has 3 aromatic heterocycles. The van der Waals surface area contributed by atoms with Crippen LogP contribution in [-0.4, -0.2) is 49.7 Å². The van der Waals surface area contributed by atoms with Crippen molar-refractivity contribution in [3.63, 3.8) is 0 Å². The van der Waals surface area contributed by atoms with E-state index < -0.39 is 0 Å². The minimum Gasteiger partial charge on any atom is -0.348 e. The van der Waals surface area contributed by atoms with E-state index in [1.54, 1.807) is 6.20 Å². The number of ketones is 1. The lowest BCUT2D eigenvalue weighted by Crippen LogP contribution is -2.26. The predicted octanol–water partition coefficient (Wildman–Crippen LogP) is 4.42. The average molecular weight is 466 g/mol. The highest BCUT2D eigenvalue weighted by atomic mass is 16.1. The number of aryl methyl sites for hydroxylation is 1. The Hall–Kier alpha value is -4.09. The van der Waals surface area contributed by atoms with Gasteiger partial charge in [0.1, 0.15) is 17.4 Å². The molecule has 0 bridgehead atoms. The molecule has 1 N–H and O–H groups in total. The summed E-state index contributed by atoms with van der Waals surface area (Å²) in [6, 6.07) is 13.7. The van der Waals surface area contributed by atoms with E-state index >= 15 is 0 Å². The second kappa shape index (κ2) is 9.65. The van der Waals surface area contributed by atoms with Crippen molar-refractivity contribution in [1.82, 2.24) is 24.3 Å². The Balaban J connectivity index is 1.35. The van der Waals surface area contributed by atoms with Crippen LogP contribution in [0.3, 0.4) is 0 Å². The molecule has 0 spiro atoms. The zero-order valence-corrected chi connectivity index (χ0v) is 19.9. The van der Waals surface area contributed by atoms with Crippen LogP contribution >= 0.6 is 0 Å². The number of rotatable bonds is 7. The first-order chi connectivity index (χ1) is 17.0. The zero-order valence-electron chi connectivity index (χ0n) is 19.9. The first-order valence-corrected chi connectivity index (χ1v) is 11.9. The highest BCUT2D eigenvalue weighted by Gasteiger charge is 2.18. The maximum Gasteiger partial charge on any atom is 0.223 e. The lowest BCUT2D eigenvalue weighted by molar-refractivity contribution is 0.0945. The summed E-state index contributed by atoms with van der Waals surface area (Å²) in [6.45, 7) is 6.51. The van der Waals surface area contributed by atoms with Crippen LogP contribution < -0.4 is 5.32 Å². The van der Waals surface area contributed by atoms with Crippen LogP contribution in [0.25, 0.3) is 17.0 Å². The van der Waals surface area contributed by atoms with Crippen LogP contribution in [0.1, 0.15) is 52.9 Å². The number of aromatic nitrogens is 4. The molecule has 0 amide bonds. The molecule has 1 saturated heterocycles. The van der Waals surface area contributed by atoms with Crippen LogP contribution in [0.2, 0.25) is 0 Å². The van der Waals surface area contributed by atoms with Crippen molar-refractivity contribution < 1.29 is 4.79 Å². The molecule has 5 rings (SSSR count). The summed E-state index contributed by atoms with van der Waals surface area (Å²) >= 11 is 0. The van der Waals surface area contributed by atoms with Gasteiger partial charge in [-0.15, -0.1) is 0 Å². The van der Waals surface area contributed by atoms with Gasteiger partial charge in [-0.05, 0) is 57.0 Å². The van der Waals surface area contributed by atoms with Crippen LogP contribution in [-0.2, 0) is 0 Å². The Morgan fingerprint density at radius 2 is 1.91 bits per heavy atom. The van der Waals surface area contributed by atoms with Crippen molar-refractivity contribution in [2.45, 2.75) is 32.7 Å². The van der Waals surface area contributed by atoms with Gasteiger partial charge in [0.05, 0.1) is 36.2 Å². The fourth-order valence-corrected chi connectivity index (χ4v) is 4.52. The number of hydrogen-bond donors (Lipinski definition) is 1. The van der Waals surface area contributed by atoms with E-state index in [2.05, 4.69) is 31.2 Å². The summed E-state index contributed by atoms with van der Waals surface area (Å²) < 4.78 is 1.93. The Morgan fingerprint density at radius 3 is 2.66 bits per heavy atom. The standard InChI is InChI=1S/C27H27N7O/c1-18-6-5-13-34-23(16-29-26(18)34)25-22(14-28)15-30-27(32-25)31-19(2)20-7-9-21(10-8-20)24(35)17-33-11-3-4-12-33/h5-10,13,15-16,19H,3-4,11-12,17H2,1-2H3,(H,30,31,32)/t19-/m0/s1. The number of Topliss-reactive ketones (excluding diaryl/α,β-unsaturated/α-hetero) is 1. The third kappa shape index (κ3) is 4.63. The molecule has 1 aromatic carbocycles. The van der Waals surface area contributed by atoms with Gasteiger partial charge in [0, 0.05) is 11.8 Å². The minimum absolute atomic E-state index is 0.0945. The third-order valence-corrected chi connectivity index (χ3v) is 6.53. The molecule has 35 heavy (non-hydrogen) atoms. The molecular weight excluding hydrogens is 438 g/mol. The molecule has 0 radical (unpaired) electrons. The number of carbonyl (C=O) groups excluding carboxylic acids is 1.